The molecule has 21 heavy (non-hydrogen) atoms. The molecule has 2 aliphatic heterocycles. The summed E-state index contributed by atoms with van der Waals surface area (Å²) in [5, 5.41) is 0.716. The Morgan fingerprint density at radius 3 is 2.81 bits per heavy atom. The number of carbonyl (C=O) groups is 2. The van der Waals surface area contributed by atoms with Gasteiger partial charge in [0.2, 0.25) is 5.91 Å². The zero-order chi connectivity index (χ0) is 15.5. The summed E-state index contributed by atoms with van der Waals surface area (Å²) in [5.41, 5.74) is 0.412. The van der Waals surface area contributed by atoms with Crippen molar-refractivity contribution in [2.45, 2.75) is 26.7 Å². The molecule has 5 nitrogen and oxygen atoms in total. The maximum Gasteiger partial charge on any atom is 0.333 e. The highest BCUT2D eigenvalue weighted by atomic mass is 32.2. The Morgan fingerprint density at radius 2 is 2.19 bits per heavy atom. The predicted octanol–water partition coefficient (Wildman–Crippen LogP) is 1.70. The van der Waals surface area contributed by atoms with Crippen LogP contribution in [0.1, 0.15) is 26.7 Å². The Balaban J connectivity index is 1.82. The van der Waals surface area contributed by atoms with Crippen molar-refractivity contribution in [3.05, 3.63) is 11.1 Å². The smallest absolute Gasteiger partial charge is 0.333 e. The second-order valence-corrected chi connectivity index (χ2v) is 7.38. The summed E-state index contributed by atoms with van der Waals surface area (Å²) in [4.78, 5) is 27.4. The normalized spacial score (nSPS) is 24.0. The van der Waals surface area contributed by atoms with Crippen LogP contribution in [0.15, 0.2) is 11.1 Å². The molecule has 2 heterocycles. The van der Waals surface area contributed by atoms with E-state index in [1.807, 2.05) is 0 Å². The van der Waals surface area contributed by atoms with Gasteiger partial charge in [0.1, 0.15) is 0 Å². The van der Waals surface area contributed by atoms with E-state index in [1.165, 1.54) is 31.4 Å². The number of carbonyl (C=O) groups excluding carboxylic acids is 2. The summed E-state index contributed by atoms with van der Waals surface area (Å²) in [5.74, 6) is 0.0925. The zero-order valence-electron chi connectivity index (χ0n) is 13.1. The first kappa shape index (κ1) is 16.4. The van der Waals surface area contributed by atoms with Crippen molar-refractivity contribution in [1.29, 1.82) is 0 Å². The second kappa shape index (κ2) is 6.83. The monoisotopic (exact) mass is 312 g/mol. The summed E-state index contributed by atoms with van der Waals surface area (Å²) in [6, 6.07) is 0. The van der Waals surface area contributed by atoms with Crippen molar-refractivity contribution in [3.63, 3.8) is 0 Å². The lowest BCUT2D eigenvalue weighted by Crippen LogP contribution is -2.30. The number of esters is 1. The van der Waals surface area contributed by atoms with Crippen LogP contribution in [0, 0.1) is 5.41 Å². The highest BCUT2D eigenvalue weighted by Crippen LogP contribution is 2.30. The van der Waals surface area contributed by atoms with Gasteiger partial charge in [0.25, 0.3) is 0 Å². The number of likely N-dealkylation sites (tertiary alicyclic amines) is 1. The molecule has 0 aromatic carbocycles. The lowest BCUT2D eigenvalue weighted by Gasteiger charge is -2.21. The third kappa shape index (κ3) is 4.48. The zero-order valence-corrected chi connectivity index (χ0v) is 13.9. The molecule has 0 aromatic rings. The number of nitrogens with zero attached hydrogens (tertiary/aromatic N) is 2. The van der Waals surface area contributed by atoms with Gasteiger partial charge in [0.05, 0.1) is 24.0 Å². The summed E-state index contributed by atoms with van der Waals surface area (Å²) in [6.07, 6.45) is 3.58. The Kier molecular flexibility index (Phi) is 5.32. The molecule has 0 aromatic heterocycles. The van der Waals surface area contributed by atoms with Crippen LogP contribution in [0.5, 0.6) is 0 Å². The molecule has 0 spiro atoms. The van der Waals surface area contributed by atoms with E-state index in [9.17, 15) is 9.59 Å². The standard InChI is InChI=1S/C15H24N2O3S/c1-15(2)5-8-16(11-15)6-4-7-17-12(18)10-21-13(17)9-14(19)20-3/h9H,4-8,10-11H2,1-3H3. The lowest BCUT2D eigenvalue weighted by molar-refractivity contribution is -0.134. The molecule has 2 saturated heterocycles. The Hall–Kier alpha value is -1.01. The molecule has 0 aliphatic carbocycles. The number of methoxy groups -OCH3 is 1. The topological polar surface area (TPSA) is 49.9 Å². The van der Waals surface area contributed by atoms with Crippen molar-refractivity contribution < 1.29 is 14.3 Å². The van der Waals surface area contributed by atoms with Gasteiger partial charge in [-0.3, -0.25) is 4.79 Å². The maximum atomic E-state index is 11.9. The minimum Gasteiger partial charge on any atom is -0.466 e. The maximum absolute atomic E-state index is 11.9. The molecular formula is C15H24N2O3S. The van der Waals surface area contributed by atoms with Gasteiger partial charge in [0, 0.05) is 13.1 Å². The third-order valence-corrected chi connectivity index (χ3v) is 4.99. The van der Waals surface area contributed by atoms with Crippen LogP contribution < -0.4 is 0 Å². The number of hydrogen-bond donors (Lipinski definition) is 0. The van der Waals surface area contributed by atoms with Crippen LogP contribution >= 0.6 is 11.8 Å². The molecule has 0 saturated carbocycles. The lowest BCUT2D eigenvalue weighted by atomic mass is 9.93. The van der Waals surface area contributed by atoms with Crippen molar-refractivity contribution in [2.24, 2.45) is 5.41 Å². The molecule has 2 rings (SSSR count). The summed E-state index contributed by atoms with van der Waals surface area (Å²) < 4.78 is 4.63. The van der Waals surface area contributed by atoms with E-state index < -0.39 is 5.97 Å². The van der Waals surface area contributed by atoms with Crippen LogP contribution in [0.3, 0.4) is 0 Å². The Labute approximate surface area is 130 Å². The Bertz CT molecular complexity index is 448. The fourth-order valence-corrected chi connectivity index (χ4v) is 3.75. The molecular weight excluding hydrogens is 288 g/mol. The van der Waals surface area contributed by atoms with Gasteiger partial charge < -0.3 is 14.5 Å². The van der Waals surface area contributed by atoms with Crippen LogP contribution in [0.2, 0.25) is 0 Å². The highest BCUT2D eigenvalue weighted by Gasteiger charge is 2.30. The van der Waals surface area contributed by atoms with Gasteiger partial charge >= 0.3 is 5.97 Å². The minimum absolute atomic E-state index is 0.0805. The number of ether oxygens (including phenoxy) is 1. The van der Waals surface area contributed by atoms with Crippen molar-refractivity contribution in [3.8, 4) is 0 Å². The first-order valence-corrected chi connectivity index (χ1v) is 8.35. The molecule has 2 fully saturated rings. The predicted molar refractivity (Wildman–Crippen MR) is 83.7 cm³/mol. The second-order valence-electron chi connectivity index (χ2n) is 6.38. The van der Waals surface area contributed by atoms with Crippen LogP contribution in [-0.4, -0.2) is 60.7 Å². The third-order valence-electron chi connectivity index (χ3n) is 3.97. The summed E-state index contributed by atoms with van der Waals surface area (Å²) in [6.45, 7) is 8.53. The van der Waals surface area contributed by atoms with Crippen molar-refractivity contribution >= 4 is 23.6 Å². The number of rotatable bonds is 5. The molecule has 2 aliphatic rings. The van der Waals surface area contributed by atoms with Gasteiger partial charge in [0.15, 0.2) is 0 Å². The molecule has 1 amide bonds. The van der Waals surface area contributed by atoms with Crippen molar-refractivity contribution in [2.75, 3.05) is 39.0 Å². The average Bonchev–Trinajstić information content (AvgIpc) is 2.94. The van der Waals surface area contributed by atoms with E-state index in [4.69, 9.17) is 0 Å². The van der Waals surface area contributed by atoms with E-state index in [1.54, 1.807) is 4.90 Å². The van der Waals surface area contributed by atoms with Gasteiger partial charge in [-0.1, -0.05) is 25.6 Å². The fourth-order valence-electron chi connectivity index (χ4n) is 2.80. The SMILES string of the molecule is COC(=O)C=C1SCC(=O)N1CCCN1CCC(C)(C)C1. The fraction of sp³-hybridized carbons (Fsp3) is 0.733. The first-order chi connectivity index (χ1) is 9.91. The molecule has 0 atom stereocenters. The van der Waals surface area contributed by atoms with Gasteiger partial charge in [-0.2, -0.15) is 0 Å². The van der Waals surface area contributed by atoms with Crippen LogP contribution in [0.4, 0.5) is 0 Å². The molecule has 0 radical (unpaired) electrons. The number of thioether (sulfide) groups is 1. The Morgan fingerprint density at radius 1 is 1.43 bits per heavy atom. The molecule has 0 bridgehead atoms. The van der Waals surface area contributed by atoms with E-state index in [0.29, 0.717) is 22.7 Å². The quantitative estimate of drug-likeness (QED) is 0.571. The molecule has 0 unspecified atom stereocenters. The van der Waals surface area contributed by atoms with E-state index >= 15 is 0 Å². The van der Waals surface area contributed by atoms with Crippen LogP contribution in [0.25, 0.3) is 0 Å². The highest BCUT2D eigenvalue weighted by molar-refractivity contribution is 8.04. The molecule has 118 valence electrons. The van der Waals surface area contributed by atoms with E-state index in [0.717, 1.165) is 26.1 Å². The van der Waals surface area contributed by atoms with E-state index in [-0.39, 0.29) is 5.91 Å². The summed E-state index contributed by atoms with van der Waals surface area (Å²) >= 11 is 1.41. The van der Waals surface area contributed by atoms with Gasteiger partial charge in [-0.25, -0.2) is 4.79 Å². The number of amides is 1. The largest absolute Gasteiger partial charge is 0.466 e. The van der Waals surface area contributed by atoms with E-state index in [2.05, 4.69) is 23.5 Å². The van der Waals surface area contributed by atoms with Gasteiger partial charge in [-0.05, 0) is 31.3 Å². The molecule has 0 N–H and O–H groups in total. The van der Waals surface area contributed by atoms with Gasteiger partial charge in [-0.15, -0.1) is 0 Å². The van der Waals surface area contributed by atoms with Crippen molar-refractivity contribution in [1.82, 2.24) is 9.80 Å². The first-order valence-electron chi connectivity index (χ1n) is 7.36. The summed E-state index contributed by atoms with van der Waals surface area (Å²) in [7, 11) is 1.35. The molecule has 6 heteroatoms. The minimum atomic E-state index is -0.404. The van der Waals surface area contributed by atoms with Crippen LogP contribution in [-0.2, 0) is 14.3 Å². The number of hydrogen-bond acceptors (Lipinski definition) is 5. The average molecular weight is 312 g/mol.